The monoisotopic (exact) mass is 162 g/mol. The van der Waals surface area contributed by atoms with Crippen molar-refractivity contribution < 1.29 is 9.09 Å². The lowest BCUT2D eigenvalue weighted by Gasteiger charge is -2.08. The lowest BCUT2D eigenvalue weighted by molar-refractivity contribution is 0.204. The molecule has 0 aromatic heterocycles. The van der Waals surface area contributed by atoms with Crippen LogP contribution in [0.15, 0.2) is 0 Å². The third-order valence-corrected chi connectivity index (χ3v) is 1.91. The van der Waals surface area contributed by atoms with Crippen molar-refractivity contribution in [3.8, 4) is 0 Å². The molecule has 0 saturated heterocycles. The average Bonchev–Trinajstić information content (AvgIpc) is 1.98. The molecule has 60 valence electrons. The third-order valence-electron chi connectivity index (χ3n) is 1.53. The minimum Gasteiger partial charge on any atom is -0.291 e. The second-order valence-corrected chi connectivity index (χ2v) is 2.71. The second-order valence-electron chi connectivity index (χ2n) is 2.35. The maximum absolute atomic E-state index is 10.0. The van der Waals surface area contributed by atoms with Crippen LogP contribution in [0.2, 0.25) is 0 Å². The van der Waals surface area contributed by atoms with Gasteiger partial charge in [0.05, 0.1) is 6.10 Å². The zero-order chi connectivity index (χ0) is 7.82. The molecule has 0 aliphatic heterocycles. The predicted molar refractivity (Wildman–Crippen MR) is 42.3 cm³/mol. The SMILES string of the molecule is CCCCC(CC)OP=O. The molecule has 0 amide bonds. The van der Waals surface area contributed by atoms with Crippen LogP contribution < -0.4 is 0 Å². The minimum atomic E-state index is -0.180. The quantitative estimate of drug-likeness (QED) is 0.560. The molecule has 1 atom stereocenters. The van der Waals surface area contributed by atoms with Crippen molar-refractivity contribution in [3.05, 3.63) is 0 Å². The summed E-state index contributed by atoms with van der Waals surface area (Å²) in [6.07, 6.45) is 4.51. The molecule has 0 fully saturated rings. The molecule has 0 radical (unpaired) electrons. The first-order valence-electron chi connectivity index (χ1n) is 3.83. The Hall–Kier alpha value is 0.0600. The summed E-state index contributed by atoms with van der Waals surface area (Å²) >= 11 is 0. The molecule has 10 heavy (non-hydrogen) atoms. The van der Waals surface area contributed by atoms with Crippen LogP contribution in [0.4, 0.5) is 0 Å². The van der Waals surface area contributed by atoms with Gasteiger partial charge in [-0.05, 0) is 12.8 Å². The summed E-state index contributed by atoms with van der Waals surface area (Å²) in [5, 5.41) is 0. The molecule has 0 N–H and O–H groups in total. The zero-order valence-corrected chi connectivity index (χ0v) is 7.56. The maximum Gasteiger partial charge on any atom is 0.327 e. The van der Waals surface area contributed by atoms with Gasteiger partial charge < -0.3 is 0 Å². The van der Waals surface area contributed by atoms with Gasteiger partial charge in [0.1, 0.15) is 0 Å². The van der Waals surface area contributed by atoms with E-state index < -0.39 is 0 Å². The van der Waals surface area contributed by atoms with Crippen LogP contribution >= 0.6 is 8.69 Å². The van der Waals surface area contributed by atoms with Crippen LogP contribution in [0.1, 0.15) is 39.5 Å². The van der Waals surface area contributed by atoms with Gasteiger partial charge in [0.2, 0.25) is 0 Å². The van der Waals surface area contributed by atoms with Crippen molar-refractivity contribution in [2.24, 2.45) is 0 Å². The van der Waals surface area contributed by atoms with E-state index in [1.54, 1.807) is 0 Å². The Balaban J connectivity index is 3.29. The smallest absolute Gasteiger partial charge is 0.291 e. The molecule has 0 bridgehead atoms. The maximum atomic E-state index is 10.0. The van der Waals surface area contributed by atoms with Crippen molar-refractivity contribution >= 4 is 8.69 Å². The van der Waals surface area contributed by atoms with E-state index in [4.69, 9.17) is 4.52 Å². The Bertz CT molecular complexity index is 85.7. The molecule has 2 nitrogen and oxygen atoms in total. The summed E-state index contributed by atoms with van der Waals surface area (Å²) in [5.41, 5.74) is 0. The van der Waals surface area contributed by atoms with Crippen molar-refractivity contribution in [3.63, 3.8) is 0 Å². The number of hydrogen-bond acceptors (Lipinski definition) is 2. The second kappa shape index (κ2) is 7.17. The van der Waals surface area contributed by atoms with Crippen LogP contribution in [-0.2, 0) is 9.09 Å². The normalized spacial score (nSPS) is 13.8. The minimum absolute atomic E-state index is 0.180. The highest BCUT2D eigenvalue weighted by molar-refractivity contribution is 7.17. The summed E-state index contributed by atoms with van der Waals surface area (Å²) in [5.74, 6) is 0. The molecule has 0 aromatic carbocycles. The summed E-state index contributed by atoms with van der Waals surface area (Å²) in [6, 6.07) is 0. The van der Waals surface area contributed by atoms with Gasteiger partial charge in [-0.3, -0.25) is 4.52 Å². The van der Waals surface area contributed by atoms with E-state index in [1.807, 2.05) is 6.92 Å². The number of rotatable bonds is 6. The lowest BCUT2D eigenvalue weighted by atomic mass is 10.1. The van der Waals surface area contributed by atoms with E-state index in [9.17, 15) is 4.57 Å². The molecule has 1 unspecified atom stereocenters. The molecule has 0 heterocycles. The average molecular weight is 162 g/mol. The van der Waals surface area contributed by atoms with Crippen molar-refractivity contribution in [1.82, 2.24) is 0 Å². The van der Waals surface area contributed by atoms with Crippen molar-refractivity contribution in [2.45, 2.75) is 45.6 Å². The molecular formula is C7H15O2P. The standard InChI is InChI=1S/C7H15O2P/c1-3-5-6-7(4-2)9-10-8/h7H,3-6H2,1-2H3. The van der Waals surface area contributed by atoms with Crippen LogP contribution in [0.25, 0.3) is 0 Å². The van der Waals surface area contributed by atoms with Crippen LogP contribution in [0, 0.1) is 0 Å². The van der Waals surface area contributed by atoms with E-state index in [2.05, 4.69) is 6.92 Å². The zero-order valence-electron chi connectivity index (χ0n) is 6.67. The number of unbranched alkanes of at least 4 members (excludes halogenated alkanes) is 1. The molecule has 0 saturated carbocycles. The van der Waals surface area contributed by atoms with Gasteiger partial charge in [-0.2, -0.15) is 0 Å². The van der Waals surface area contributed by atoms with Gasteiger partial charge in [-0.1, -0.05) is 26.7 Å². The Labute approximate surface area is 64.2 Å². The highest BCUT2D eigenvalue weighted by atomic mass is 31.1. The summed E-state index contributed by atoms with van der Waals surface area (Å²) in [6.45, 7) is 4.19. The fourth-order valence-corrected chi connectivity index (χ4v) is 1.20. The topological polar surface area (TPSA) is 26.3 Å². The molecule has 3 heteroatoms. The van der Waals surface area contributed by atoms with Gasteiger partial charge in [-0.15, -0.1) is 0 Å². The van der Waals surface area contributed by atoms with Gasteiger partial charge in [0.25, 0.3) is 0 Å². The summed E-state index contributed by atoms with van der Waals surface area (Å²) < 4.78 is 14.9. The van der Waals surface area contributed by atoms with Gasteiger partial charge in [-0.25, -0.2) is 4.57 Å². The molecule has 0 aromatic rings. The first-order valence-corrected chi connectivity index (χ1v) is 4.56. The van der Waals surface area contributed by atoms with E-state index in [1.165, 1.54) is 6.42 Å². The largest absolute Gasteiger partial charge is 0.327 e. The van der Waals surface area contributed by atoms with Gasteiger partial charge in [0, 0.05) is 0 Å². The first-order chi connectivity index (χ1) is 4.85. The van der Waals surface area contributed by atoms with Crippen LogP contribution in [0.3, 0.4) is 0 Å². The van der Waals surface area contributed by atoms with E-state index in [-0.39, 0.29) is 14.8 Å². The van der Waals surface area contributed by atoms with Crippen molar-refractivity contribution in [2.75, 3.05) is 0 Å². The molecule has 0 aliphatic rings. The lowest BCUT2D eigenvalue weighted by Crippen LogP contribution is -2.04. The number of hydrogen-bond donors (Lipinski definition) is 0. The predicted octanol–water partition coefficient (Wildman–Crippen LogP) is 3.18. The van der Waals surface area contributed by atoms with E-state index in [0.717, 1.165) is 19.3 Å². The first kappa shape index (κ1) is 10.1. The van der Waals surface area contributed by atoms with Gasteiger partial charge in [0.15, 0.2) is 0 Å². The highest BCUT2D eigenvalue weighted by Gasteiger charge is 2.04. The molecule has 0 rings (SSSR count). The van der Waals surface area contributed by atoms with Crippen molar-refractivity contribution in [1.29, 1.82) is 0 Å². The Morgan fingerprint density at radius 3 is 2.60 bits per heavy atom. The fraction of sp³-hybridized carbons (Fsp3) is 1.00. The summed E-state index contributed by atoms with van der Waals surface area (Å²) in [4.78, 5) is 0. The molecular weight excluding hydrogens is 147 g/mol. The Kier molecular flexibility index (Phi) is 7.21. The Morgan fingerprint density at radius 1 is 1.50 bits per heavy atom. The van der Waals surface area contributed by atoms with Crippen LogP contribution in [0.5, 0.6) is 0 Å². The molecule has 0 spiro atoms. The fourth-order valence-electron chi connectivity index (χ4n) is 0.824. The van der Waals surface area contributed by atoms with E-state index in [0.29, 0.717) is 0 Å². The summed E-state index contributed by atoms with van der Waals surface area (Å²) in [7, 11) is -0.180. The molecule has 0 aliphatic carbocycles. The highest BCUT2D eigenvalue weighted by Crippen LogP contribution is 2.13. The Morgan fingerprint density at radius 2 is 2.20 bits per heavy atom. The van der Waals surface area contributed by atoms with E-state index >= 15 is 0 Å². The third kappa shape index (κ3) is 4.89. The van der Waals surface area contributed by atoms with Crippen LogP contribution in [-0.4, -0.2) is 6.10 Å². The van der Waals surface area contributed by atoms with Gasteiger partial charge >= 0.3 is 8.69 Å².